The van der Waals surface area contributed by atoms with Crippen LogP contribution in [0.2, 0.25) is 0 Å². The lowest BCUT2D eigenvalue weighted by molar-refractivity contribution is 0.187. The second kappa shape index (κ2) is 8.16. The third-order valence-electron chi connectivity index (χ3n) is 3.51. The second-order valence-electron chi connectivity index (χ2n) is 5.21. The van der Waals surface area contributed by atoms with Gasteiger partial charge in [0.05, 0.1) is 0 Å². The molecule has 7 heteroatoms. The van der Waals surface area contributed by atoms with E-state index in [-0.39, 0.29) is 6.04 Å². The Morgan fingerprint density at radius 1 is 1.37 bits per heavy atom. The highest BCUT2D eigenvalue weighted by Gasteiger charge is 2.28. The highest BCUT2D eigenvalue weighted by Crippen LogP contribution is 2.18. The monoisotopic (exact) mass is 293 g/mol. The Hall–Kier alpha value is -0.210. The molecule has 1 rings (SSSR count). The standard InChI is InChI=1S/C12H27N3O3S/c1-11(6-9-18-3)14-19(16,17)15-7-4-12(5-8-15)10-13-2/h11-14H,4-10H2,1-3H3. The number of nitrogens with one attached hydrogen (secondary N) is 2. The fourth-order valence-electron chi connectivity index (χ4n) is 2.32. The molecule has 1 heterocycles. The van der Waals surface area contributed by atoms with Gasteiger partial charge >= 0.3 is 0 Å². The Balaban J connectivity index is 2.41. The molecule has 0 aromatic rings. The van der Waals surface area contributed by atoms with E-state index in [1.165, 1.54) is 0 Å². The normalized spacial score (nSPS) is 20.6. The van der Waals surface area contributed by atoms with E-state index in [9.17, 15) is 8.42 Å². The summed E-state index contributed by atoms with van der Waals surface area (Å²) in [5, 5.41) is 3.15. The first-order chi connectivity index (χ1) is 8.99. The van der Waals surface area contributed by atoms with Gasteiger partial charge in [0.2, 0.25) is 0 Å². The molecule has 1 atom stereocenters. The van der Waals surface area contributed by atoms with E-state index in [1.807, 2.05) is 14.0 Å². The number of ether oxygens (including phenoxy) is 1. The van der Waals surface area contributed by atoms with Crippen molar-refractivity contribution in [2.45, 2.75) is 32.2 Å². The highest BCUT2D eigenvalue weighted by atomic mass is 32.2. The van der Waals surface area contributed by atoms with Crippen molar-refractivity contribution in [3.8, 4) is 0 Å². The van der Waals surface area contributed by atoms with Crippen LogP contribution >= 0.6 is 0 Å². The van der Waals surface area contributed by atoms with E-state index in [0.717, 1.165) is 19.4 Å². The van der Waals surface area contributed by atoms with E-state index < -0.39 is 10.2 Å². The van der Waals surface area contributed by atoms with Crippen molar-refractivity contribution in [1.82, 2.24) is 14.3 Å². The number of nitrogens with zero attached hydrogens (tertiary/aromatic N) is 1. The van der Waals surface area contributed by atoms with Gasteiger partial charge in [0.1, 0.15) is 0 Å². The summed E-state index contributed by atoms with van der Waals surface area (Å²) < 4.78 is 33.6. The number of hydrogen-bond donors (Lipinski definition) is 2. The van der Waals surface area contributed by atoms with Crippen LogP contribution in [0.25, 0.3) is 0 Å². The molecule has 1 saturated heterocycles. The van der Waals surface area contributed by atoms with Crippen molar-refractivity contribution in [1.29, 1.82) is 0 Å². The first-order valence-electron chi connectivity index (χ1n) is 6.90. The van der Waals surface area contributed by atoms with Crippen molar-refractivity contribution in [2.24, 2.45) is 5.92 Å². The van der Waals surface area contributed by atoms with Gasteiger partial charge in [-0.1, -0.05) is 0 Å². The molecule has 0 aromatic carbocycles. The molecule has 1 unspecified atom stereocenters. The summed E-state index contributed by atoms with van der Waals surface area (Å²) in [6.07, 6.45) is 2.54. The molecule has 0 radical (unpaired) electrons. The molecule has 0 amide bonds. The Morgan fingerprint density at radius 3 is 2.53 bits per heavy atom. The van der Waals surface area contributed by atoms with E-state index in [2.05, 4.69) is 10.0 Å². The average molecular weight is 293 g/mol. The molecule has 19 heavy (non-hydrogen) atoms. The maximum absolute atomic E-state index is 12.2. The van der Waals surface area contributed by atoms with Crippen molar-refractivity contribution in [2.75, 3.05) is 40.4 Å². The molecule has 1 fully saturated rings. The summed E-state index contributed by atoms with van der Waals surface area (Å²) in [7, 11) is 0.208. The summed E-state index contributed by atoms with van der Waals surface area (Å²) in [6, 6.07) is -0.0972. The predicted molar refractivity (Wildman–Crippen MR) is 76.2 cm³/mol. The topological polar surface area (TPSA) is 70.7 Å². The van der Waals surface area contributed by atoms with Crippen LogP contribution < -0.4 is 10.0 Å². The van der Waals surface area contributed by atoms with Crippen molar-refractivity contribution in [3.05, 3.63) is 0 Å². The molecule has 114 valence electrons. The summed E-state index contributed by atoms with van der Waals surface area (Å²) in [5.74, 6) is 0.586. The SMILES string of the molecule is CNCC1CCN(S(=O)(=O)NC(C)CCOC)CC1. The molecule has 1 aliphatic heterocycles. The van der Waals surface area contributed by atoms with Crippen LogP contribution in [0.3, 0.4) is 0 Å². The molecule has 0 saturated carbocycles. The maximum atomic E-state index is 12.2. The number of piperidine rings is 1. The number of hydrogen-bond acceptors (Lipinski definition) is 4. The molecule has 0 aromatic heterocycles. The third kappa shape index (κ3) is 5.74. The van der Waals surface area contributed by atoms with Crippen LogP contribution in [-0.4, -0.2) is 59.2 Å². The minimum atomic E-state index is -3.34. The molecule has 0 spiro atoms. The summed E-state index contributed by atoms with van der Waals surface area (Å²) in [6.45, 7) is 4.61. The summed E-state index contributed by atoms with van der Waals surface area (Å²) >= 11 is 0. The fraction of sp³-hybridized carbons (Fsp3) is 1.00. The first kappa shape index (κ1) is 16.8. The molecule has 0 aliphatic carbocycles. The van der Waals surface area contributed by atoms with Gasteiger partial charge in [0.15, 0.2) is 0 Å². The van der Waals surface area contributed by atoms with Crippen molar-refractivity contribution in [3.63, 3.8) is 0 Å². The Bertz CT molecular complexity index is 340. The molecule has 2 N–H and O–H groups in total. The molecule has 1 aliphatic rings. The van der Waals surface area contributed by atoms with Crippen LogP contribution in [-0.2, 0) is 14.9 Å². The zero-order valence-electron chi connectivity index (χ0n) is 12.2. The van der Waals surface area contributed by atoms with Crippen molar-refractivity contribution >= 4 is 10.2 Å². The van der Waals surface area contributed by atoms with Gasteiger partial charge in [-0.05, 0) is 45.7 Å². The van der Waals surface area contributed by atoms with Crippen LogP contribution in [0.4, 0.5) is 0 Å². The van der Waals surface area contributed by atoms with E-state index >= 15 is 0 Å². The largest absolute Gasteiger partial charge is 0.385 e. The fourth-order valence-corrected chi connectivity index (χ4v) is 3.79. The van der Waals surface area contributed by atoms with Gasteiger partial charge in [0, 0.05) is 32.8 Å². The van der Waals surface area contributed by atoms with Crippen LogP contribution in [0.15, 0.2) is 0 Å². The minimum Gasteiger partial charge on any atom is -0.385 e. The zero-order chi connectivity index (χ0) is 14.3. The average Bonchev–Trinajstić information content (AvgIpc) is 2.37. The molecule has 0 bridgehead atoms. The van der Waals surface area contributed by atoms with Crippen LogP contribution in [0.1, 0.15) is 26.2 Å². The van der Waals surface area contributed by atoms with Gasteiger partial charge in [-0.3, -0.25) is 0 Å². The zero-order valence-corrected chi connectivity index (χ0v) is 13.0. The molecule has 6 nitrogen and oxygen atoms in total. The third-order valence-corrected chi connectivity index (χ3v) is 5.26. The van der Waals surface area contributed by atoms with Crippen LogP contribution in [0, 0.1) is 5.92 Å². The smallest absolute Gasteiger partial charge is 0.279 e. The van der Waals surface area contributed by atoms with Gasteiger partial charge < -0.3 is 10.1 Å². The number of rotatable bonds is 8. The van der Waals surface area contributed by atoms with Gasteiger partial charge in [0.25, 0.3) is 10.2 Å². The molecular weight excluding hydrogens is 266 g/mol. The summed E-state index contributed by atoms with van der Waals surface area (Å²) in [5.41, 5.74) is 0. The predicted octanol–water partition coefficient (Wildman–Crippen LogP) is 0.177. The maximum Gasteiger partial charge on any atom is 0.279 e. The van der Waals surface area contributed by atoms with Gasteiger partial charge in [-0.15, -0.1) is 0 Å². The number of methoxy groups -OCH3 is 1. The van der Waals surface area contributed by atoms with Crippen LogP contribution in [0.5, 0.6) is 0 Å². The molecular formula is C12H27N3O3S. The van der Waals surface area contributed by atoms with Crippen molar-refractivity contribution < 1.29 is 13.2 Å². The first-order valence-corrected chi connectivity index (χ1v) is 8.34. The second-order valence-corrected chi connectivity index (χ2v) is 6.91. The Morgan fingerprint density at radius 2 is 2.00 bits per heavy atom. The summed E-state index contributed by atoms with van der Waals surface area (Å²) in [4.78, 5) is 0. The Kier molecular flexibility index (Phi) is 7.23. The Labute approximate surface area is 117 Å². The lowest BCUT2D eigenvalue weighted by Gasteiger charge is -2.31. The lowest BCUT2D eigenvalue weighted by Crippen LogP contribution is -2.48. The lowest BCUT2D eigenvalue weighted by atomic mass is 9.98. The van der Waals surface area contributed by atoms with E-state index in [4.69, 9.17) is 4.74 Å². The minimum absolute atomic E-state index is 0.0972. The van der Waals surface area contributed by atoms with Gasteiger partial charge in [-0.25, -0.2) is 0 Å². The van der Waals surface area contributed by atoms with Gasteiger partial charge in [-0.2, -0.15) is 17.4 Å². The van der Waals surface area contributed by atoms with E-state index in [0.29, 0.717) is 32.0 Å². The quantitative estimate of drug-likeness (QED) is 0.670. The highest BCUT2D eigenvalue weighted by molar-refractivity contribution is 7.87. The van der Waals surface area contributed by atoms with E-state index in [1.54, 1.807) is 11.4 Å².